The lowest BCUT2D eigenvalue weighted by Crippen LogP contribution is -2.39. The molecule has 0 aliphatic carbocycles. The van der Waals surface area contributed by atoms with Gasteiger partial charge in [0.05, 0.1) is 11.3 Å². The summed E-state index contributed by atoms with van der Waals surface area (Å²) in [6.45, 7) is 0.983. The predicted molar refractivity (Wildman–Crippen MR) is 108 cm³/mol. The number of aromatic amines is 1. The molecule has 1 saturated heterocycles. The summed E-state index contributed by atoms with van der Waals surface area (Å²) in [5.74, 6) is 0.0509. The summed E-state index contributed by atoms with van der Waals surface area (Å²) in [4.78, 5) is 15.3. The van der Waals surface area contributed by atoms with Crippen molar-refractivity contribution in [3.8, 4) is 0 Å². The molecular formula is C21H21N3O3S. The van der Waals surface area contributed by atoms with Crippen LogP contribution in [-0.2, 0) is 21.2 Å². The highest BCUT2D eigenvalue weighted by atomic mass is 32.2. The number of nitrogens with zero attached hydrogens (tertiary/aromatic N) is 1. The number of sulfonamides is 1. The minimum Gasteiger partial charge on any atom is -0.358 e. The Morgan fingerprint density at radius 3 is 2.79 bits per heavy atom. The first-order valence-electron chi connectivity index (χ1n) is 9.51. The van der Waals surface area contributed by atoms with Gasteiger partial charge in [0.1, 0.15) is 0 Å². The van der Waals surface area contributed by atoms with E-state index in [1.807, 2.05) is 18.2 Å². The van der Waals surface area contributed by atoms with Gasteiger partial charge < -0.3 is 10.3 Å². The average Bonchev–Trinajstić information content (AvgIpc) is 3.29. The van der Waals surface area contributed by atoms with E-state index in [-0.39, 0.29) is 23.1 Å². The Morgan fingerprint density at radius 1 is 1.07 bits per heavy atom. The summed E-state index contributed by atoms with van der Waals surface area (Å²) in [7, 11) is -3.59. The number of rotatable bonds is 3. The second-order valence-corrected chi connectivity index (χ2v) is 9.50. The van der Waals surface area contributed by atoms with Gasteiger partial charge in [0.25, 0.3) is 0 Å². The number of aromatic nitrogens is 1. The molecule has 1 atom stereocenters. The van der Waals surface area contributed by atoms with Crippen LogP contribution in [0.2, 0.25) is 0 Å². The fraction of sp³-hybridized carbons (Fsp3) is 0.286. The van der Waals surface area contributed by atoms with Crippen molar-refractivity contribution in [2.45, 2.75) is 30.1 Å². The number of piperidine rings is 1. The third-order valence-electron chi connectivity index (χ3n) is 5.71. The SMILES string of the molecule is O=C1Cc2cc(S(=O)(=O)N3CCCC(c4cc5ccccc5[nH]4)C3)ccc2N1. The lowest BCUT2D eigenvalue weighted by Gasteiger charge is -2.31. The second kappa shape index (κ2) is 6.46. The van der Waals surface area contributed by atoms with Crippen LogP contribution in [0.3, 0.4) is 0 Å². The summed E-state index contributed by atoms with van der Waals surface area (Å²) in [5.41, 5.74) is 3.62. The minimum atomic E-state index is -3.59. The van der Waals surface area contributed by atoms with Crippen molar-refractivity contribution in [1.29, 1.82) is 0 Å². The number of hydrogen-bond donors (Lipinski definition) is 2. The summed E-state index contributed by atoms with van der Waals surface area (Å²) < 4.78 is 28.0. The first-order valence-corrected chi connectivity index (χ1v) is 11.0. The lowest BCUT2D eigenvalue weighted by atomic mass is 9.96. The van der Waals surface area contributed by atoms with Crippen LogP contribution in [0.25, 0.3) is 10.9 Å². The van der Waals surface area contributed by atoms with Crippen LogP contribution < -0.4 is 5.32 Å². The van der Waals surface area contributed by atoms with E-state index in [1.54, 1.807) is 22.5 Å². The molecule has 5 rings (SSSR count). The first kappa shape index (κ1) is 17.5. The molecule has 0 radical (unpaired) electrons. The number of para-hydroxylation sites is 1. The van der Waals surface area contributed by atoms with Gasteiger partial charge in [0.15, 0.2) is 0 Å². The molecule has 3 aromatic rings. The van der Waals surface area contributed by atoms with Gasteiger partial charge in [-0.2, -0.15) is 4.31 Å². The van der Waals surface area contributed by atoms with E-state index in [1.165, 1.54) is 0 Å². The van der Waals surface area contributed by atoms with Crippen molar-refractivity contribution in [3.05, 3.63) is 59.8 Å². The summed E-state index contributed by atoms with van der Waals surface area (Å²) >= 11 is 0. The Labute approximate surface area is 163 Å². The number of anilines is 1. The molecular weight excluding hydrogens is 374 g/mol. The number of hydrogen-bond acceptors (Lipinski definition) is 3. The zero-order valence-electron chi connectivity index (χ0n) is 15.3. The number of carbonyl (C=O) groups is 1. The predicted octanol–water partition coefficient (Wildman–Crippen LogP) is 3.23. The molecule has 2 aliphatic heterocycles. The van der Waals surface area contributed by atoms with Crippen LogP contribution in [0.1, 0.15) is 30.0 Å². The summed E-state index contributed by atoms with van der Waals surface area (Å²) in [6, 6.07) is 15.1. The Bertz CT molecular complexity index is 1150. The molecule has 6 nitrogen and oxygen atoms in total. The fourth-order valence-electron chi connectivity index (χ4n) is 4.25. The standard InChI is InChI=1S/C21H21N3O3S/c25-21-12-16-10-17(7-8-19(16)23-21)28(26,27)24-9-3-5-15(13-24)20-11-14-4-1-2-6-18(14)22-20/h1-2,4,6-8,10-11,15,22H,3,5,9,12-13H2,(H,23,25). The van der Waals surface area contributed by atoms with E-state index >= 15 is 0 Å². The van der Waals surface area contributed by atoms with Gasteiger partial charge in [0, 0.05) is 35.9 Å². The van der Waals surface area contributed by atoms with Crippen molar-refractivity contribution in [2.24, 2.45) is 0 Å². The fourth-order valence-corrected chi connectivity index (χ4v) is 5.82. The largest absolute Gasteiger partial charge is 0.358 e. The molecule has 0 saturated carbocycles. The molecule has 1 unspecified atom stereocenters. The van der Waals surface area contributed by atoms with Crippen LogP contribution >= 0.6 is 0 Å². The average molecular weight is 395 g/mol. The van der Waals surface area contributed by atoms with Gasteiger partial charge in [-0.15, -0.1) is 0 Å². The molecule has 28 heavy (non-hydrogen) atoms. The highest BCUT2D eigenvalue weighted by Crippen LogP contribution is 2.33. The Balaban J connectivity index is 1.42. The smallest absolute Gasteiger partial charge is 0.243 e. The molecule has 1 aromatic heterocycles. The Hall–Kier alpha value is -2.64. The lowest BCUT2D eigenvalue weighted by molar-refractivity contribution is -0.115. The van der Waals surface area contributed by atoms with Gasteiger partial charge in [-0.05, 0) is 54.1 Å². The number of nitrogens with one attached hydrogen (secondary N) is 2. The molecule has 1 fully saturated rings. The molecule has 0 spiro atoms. The van der Waals surface area contributed by atoms with Gasteiger partial charge in [0.2, 0.25) is 15.9 Å². The van der Waals surface area contributed by atoms with Crippen molar-refractivity contribution in [1.82, 2.24) is 9.29 Å². The topological polar surface area (TPSA) is 82.3 Å². The van der Waals surface area contributed by atoms with E-state index in [9.17, 15) is 13.2 Å². The number of fused-ring (bicyclic) bond motifs is 2. The molecule has 0 bridgehead atoms. The van der Waals surface area contributed by atoms with E-state index in [4.69, 9.17) is 0 Å². The van der Waals surface area contributed by atoms with Crippen molar-refractivity contribution >= 4 is 32.5 Å². The third kappa shape index (κ3) is 2.91. The molecule has 3 heterocycles. The number of H-pyrrole nitrogens is 1. The number of carbonyl (C=O) groups excluding carboxylic acids is 1. The van der Waals surface area contributed by atoms with Crippen molar-refractivity contribution in [3.63, 3.8) is 0 Å². The second-order valence-electron chi connectivity index (χ2n) is 7.56. The maximum Gasteiger partial charge on any atom is 0.243 e. The molecule has 1 amide bonds. The molecule has 2 aliphatic rings. The molecule has 2 aromatic carbocycles. The van der Waals surface area contributed by atoms with E-state index in [2.05, 4.69) is 22.4 Å². The van der Waals surface area contributed by atoms with Crippen molar-refractivity contribution in [2.75, 3.05) is 18.4 Å². The monoisotopic (exact) mass is 395 g/mol. The Morgan fingerprint density at radius 2 is 1.93 bits per heavy atom. The van der Waals surface area contributed by atoms with Crippen LogP contribution in [0, 0.1) is 0 Å². The number of benzene rings is 2. The van der Waals surface area contributed by atoms with Gasteiger partial charge in [-0.25, -0.2) is 8.42 Å². The van der Waals surface area contributed by atoms with Crippen LogP contribution in [0.15, 0.2) is 53.4 Å². The van der Waals surface area contributed by atoms with Crippen LogP contribution in [0.4, 0.5) is 5.69 Å². The summed E-state index contributed by atoms with van der Waals surface area (Å²) in [5, 5.41) is 3.89. The minimum absolute atomic E-state index is 0.0959. The van der Waals surface area contributed by atoms with E-state index < -0.39 is 10.0 Å². The van der Waals surface area contributed by atoms with Crippen molar-refractivity contribution < 1.29 is 13.2 Å². The van der Waals surface area contributed by atoms with E-state index in [0.717, 1.165) is 35.0 Å². The highest BCUT2D eigenvalue weighted by Gasteiger charge is 2.32. The zero-order chi connectivity index (χ0) is 19.3. The molecule has 2 N–H and O–H groups in total. The quantitative estimate of drug-likeness (QED) is 0.714. The normalized spacial score (nSPS) is 20.3. The van der Waals surface area contributed by atoms with Gasteiger partial charge in [-0.3, -0.25) is 4.79 Å². The highest BCUT2D eigenvalue weighted by molar-refractivity contribution is 7.89. The molecule has 7 heteroatoms. The maximum atomic E-state index is 13.2. The zero-order valence-corrected chi connectivity index (χ0v) is 16.1. The van der Waals surface area contributed by atoms with Crippen LogP contribution in [0.5, 0.6) is 0 Å². The maximum absolute atomic E-state index is 13.2. The third-order valence-corrected chi connectivity index (χ3v) is 7.58. The molecule has 144 valence electrons. The number of amides is 1. The first-order chi connectivity index (χ1) is 13.5. The Kier molecular flexibility index (Phi) is 4.03. The van der Waals surface area contributed by atoms with E-state index in [0.29, 0.717) is 18.8 Å². The van der Waals surface area contributed by atoms with Gasteiger partial charge in [-0.1, -0.05) is 18.2 Å². The van der Waals surface area contributed by atoms with Crippen LogP contribution in [-0.4, -0.2) is 36.7 Å². The summed E-state index contributed by atoms with van der Waals surface area (Å²) in [6.07, 6.45) is 2.02. The van der Waals surface area contributed by atoms with Gasteiger partial charge >= 0.3 is 0 Å².